The van der Waals surface area contributed by atoms with Crippen molar-refractivity contribution in [1.82, 2.24) is 15.1 Å². The SMILES string of the molecule is CCOC(=O)CN1CCN(C[C@@H]2CN(c3ccc(C(=N)NC(=O)OCc4ccccc4)cc3)C(=O)O2)CC1. The van der Waals surface area contributed by atoms with Crippen molar-refractivity contribution in [3.05, 3.63) is 65.7 Å². The Morgan fingerprint density at radius 3 is 2.37 bits per heavy atom. The smallest absolute Gasteiger partial charge is 0.414 e. The summed E-state index contributed by atoms with van der Waals surface area (Å²) < 4.78 is 15.8. The molecule has 2 N–H and O–H groups in total. The Hall–Kier alpha value is -3.96. The van der Waals surface area contributed by atoms with Gasteiger partial charge in [-0.3, -0.25) is 30.2 Å². The summed E-state index contributed by atoms with van der Waals surface area (Å²) in [5.41, 5.74) is 1.99. The number of amidine groups is 1. The van der Waals surface area contributed by atoms with E-state index in [1.165, 1.54) is 0 Å². The van der Waals surface area contributed by atoms with E-state index in [4.69, 9.17) is 19.6 Å². The normalized spacial score (nSPS) is 18.1. The van der Waals surface area contributed by atoms with Crippen LogP contribution in [-0.2, 0) is 25.6 Å². The van der Waals surface area contributed by atoms with Gasteiger partial charge in [0, 0.05) is 44.0 Å². The number of alkyl carbamates (subject to hydrolysis) is 1. The van der Waals surface area contributed by atoms with Crippen molar-refractivity contribution in [2.75, 3.05) is 57.3 Å². The molecule has 2 amide bonds. The van der Waals surface area contributed by atoms with E-state index >= 15 is 0 Å². The number of nitrogens with zero attached hydrogens (tertiary/aromatic N) is 3. The summed E-state index contributed by atoms with van der Waals surface area (Å²) in [5.74, 6) is -0.306. The van der Waals surface area contributed by atoms with E-state index in [0.717, 1.165) is 31.7 Å². The van der Waals surface area contributed by atoms with Gasteiger partial charge in [0.05, 0.1) is 19.7 Å². The topological polar surface area (TPSA) is 125 Å². The van der Waals surface area contributed by atoms with Crippen molar-refractivity contribution in [3.8, 4) is 0 Å². The maximum absolute atomic E-state index is 12.5. The molecule has 0 aliphatic carbocycles. The number of esters is 1. The first-order chi connectivity index (χ1) is 18.4. The van der Waals surface area contributed by atoms with Crippen LogP contribution >= 0.6 is 0 Å². The molecule has 2 saturated heterocycles. The van der Waals surface area contributed by atoms with Gasteiger partial charge in [-0.15, -0.1) is 0 Å². The van der Waals surface area contributed by atoms with E-state index in [-0.39, 0.29) is 24.5 Å². The van der Waals surface area contributed by atoms with Gasteiger partial charge in [-0.1, -0.05) is 30.3 Å². The second-order valence-corrected chi connectivity index (χ2v) is 9.11. The minimum atomic E-state index is -0.712. The van der Waals surface area contributed by atoms with E-state index in [0.29, 0.717) is 37.5 Å². The number of hydrogen-bond donors (Lipinski definition) is 2. The number of benzene rings is 2. The molecule has 2 aromatic carbocycles. The highest BCUT2D eigenvalue weighted by Gasteiger charge is 2.34. The second kappa shape index (κ2) is 13.0. The largest absolute Gasteiger partial charge is 0.465 e. The van der Waals surface area contributed by atoms with Crippen molar-refractivity contribution >= 4 is 29.7 Å². The lowest BCUT2D eigenvalue weighted by atomic mass is 10.1. The van der Waals surface area contributed by atoms with E-state index in [9.17, 15) is 14.4 Å². The number of amides is 2. The first-order valence-electron chi connectivity index (χ1n) is 12.7. The molecule has 4 rings (SSSR count). The van der Waals surface area contributed by atoms with E-state index < -0.39 is 12.2 Å². The highest BCUT2D eigenvalue weighted by molar-refractivity contribution is 6.04. The van der Waals surface area contributed by atoms with Gasteiger partial charge in [0.15, 0.2) is 0 Å². The fraction of sp³-hybridized carbons (Fsp3) is 0.407. The number of piperazine rings is 1. The zero-order valence-electron chi connectivity index (χ0n) is 21.4. The number of carbonyl (C=O) groups excluding carboxylic acids is 3. The van der Waals surface area contributed by atoms with Gasteiger partial charge in [-0.05, 0) is 36.8 Å². The highest BCUT2D eigenvalue weighted by atomic mass is 16.6. The zero-order valence-corrected chi connectivity index (χ0v) is 21.4. The van der Waals surface area contributed by atoms with Crippen LogP contribution in [0, 0.1) is 5.41 Å². The van der Waals surface area contributed by atoms with Crippen molar-refractivity contribution in [2.45, 2.75) is 19.6 Å². The fourth-order valence-corrected chi connectivity index (χ4v) is 4.38. The molecule has 2 aliphatic rings. The van der Waals surface area contributed by atoms with Gasteiger partial charge in [0.2, 0.25) is 0 Å². The van der Waals surface area contributed by atoms with Gasteiger partial charge in [-0.2, -0.15) is 0 Å². The summed E-state index contributed by atoms with van der Waals surface area (Å²) in [6.07, 6.45) is -1.39. The summed E-state index contributed by atoms with van der Waals surface area (Å²) in [6, 6.07) is 16.1. The molecule has 202 valence electrons. The van der Waals surface area contributed by atoms with Crippen LogP contribution in [0.2, 0.25) is 0 Å². The average Bonchev–Trinajstić information content (AvgIpc) is 3.29. The quantitative estimate of drug-likeness (QED) is 0.222. The van der Waals surface area contributed by atoms with Crippen molar-refractivity contribution in [3.63, 3.8) is 0 Å². The van der Waals surface area contributed by atoms with Crippen LogP contribution in [0.4, 0.5) is 15.3 Å². The first kappa shape index (κ1) is 27.1. The predicted molar refractivity (Wildman–Crippen MR) is 140 cm³/mol. The molecule has 1 atom stereocenters. The van der Waals surface area contributed by atoms with Gasteiger partial charge < -0.3 is 14.2 Å². The van der Waals surface area contributed by atoms with Crippen LogP contribution in [0.25, 0.3) is 0 Å². The van der Waals surface area contributed by atoms with Crippen LogP contribution in [0.3, 0.4) is 0 Å². The lowest BCUT2D eigenvalue weighted by Gasteiger charge is -2.34. The van der Waals surface area contributed by atoms with Crippen molar-refractivity contribution < 1.29 is 28.6 Å². The van der Waals surface area contributed by atoms with Crippen LogP contribution in [-0.4, -0.2) is 92.3 Å². The number of cyclic esters (lactones) is 1. The van der Waals surface area contributed by atoms with Gasteiger partial charge in [-0.25, -0.2) is 9.59 Å². The molecule has 0 bridgehead atoms. The second-order valence-electron chi connectivity index (χ2n) is 9.11. The third kappa shape index (κ3) is 7.53. The monoisotopic (exact) mass is 523 g/mol. The van der Waals surface area contributed by atoms with E-state index in [1.807, 2.05) is 30.3 Å². The minimum Gasteiger partial charge on any atom is -0.465 e. The molecule has 11 heteroatoms. The number of nitrogens with one attached hydrogen (secondary N) is 2. The summed E-state index contributed by atoms with van der Waals surface area (Å²) in [6.45, 7) is 6.70. The lowest BCUT2D eigenvalue weighted by Crippen LogP contribution is -2.50. The summed E-state index contributed by atoms with van der Waals surface area (Å²) in [7, 11) is 0. The van der Waals surface area contributed by atoms with Crippen LogP contribution in [0.5, 0.6) is 0 Å². The van der Waals surface area contributed by atoms with Gasteiger partial charge in [0.1, 0.15) is 18.5 Å². The Labute approximate surface area is 221 Å². The van der Waals surface area contributed by atoms with Gasteiger partial charge in [0.25, 0.3) is 0 Å². The summed E-state index contributed by atoms with van der Waals surface area (Å²) in [4.78, 5) is 42.1. The molecule has 0 spiro atoms. The maximum Gasteiger partial charge on any atom is 0.414 e. The molecule has 2 heterocycles. The lowest BCUT2D eigenvalue weighted by molar-refractivity contribution is -0.144. The molecule has 0 radical (unpaired) electrons. The zero-order chi connectivity index (χ0) is 26.9. The highest BCUT2D eigenvalue weighted by Crippen LogP contribution is 2.23. The fourth-order valence-electron chi connectivity index (χ4n) is 4.38. The molecule has 2 fully saturated rings. The van der Waals surface area contributed by atoms with Crippen molar-refractivity contribution in [2.24, 2.45) is 0 Å². The first-order valence-corrected chi connectivity index (χ1v) is 12.7. The number of anilines is 1. The third-order valence-electron chi connectivity index (χ3n) is 6.37. The third-order valence-corrected chi connectivity index (χ3v) is 6.37. The predicted octanol–water partition coefficient (Wildman–Crippen LogP) is 2.44. The average molecular weight is 524 g/mol. The minimum absolute atomic E-state index is 0.0985. The molecule has 2 aromatic rings. The molecular weight excluding hydrogens is 490 g/mol. The van der Waals surface area contributed by atoms with Crippen LogP contribution < -0.4 is 10.2 Å². The van der Waals surface area contributed by atoms with Crippen LogP contribution in [0.15, 0.2) is 54.6 Å². The summed E-state index contributed by atoms with van der Waals surface area (Å²) in [5, 5.41) is 10.6. The number of ether oxygens (including phenoxy) is 3. The Kier molecular flexibility index (Phi) is 9.28. The maximum atomic E-state index is 12.5. The van der Waals surface area contributed by atoms with E-state index in [1.54, 1.807) is 36.1 Å². The molecule has 38 heavy (non-hydrogen) atoms. The Morgan fingerprint density at radius 2 is 1.68 bits per heavy atom. The molecular formula is C27H33N5O6. The Morgan fingerprint density at radius 1 is 1.00 bits per heavy atom. The van der Waals surface area contributed by atoms with Crippen LogP contribution in [0.1, 0.15) is 18.1 Å². The number of hydrogen-bond acceptors (Lipinski definition) is 9. The molecule has 2 aliphatic heterocycles. The Bertz CT molecular complexity index is 1120. The van der Waals surface area contributed by atoms with Gasteiger partial charge >= 0.3 is 18.2 Å². The summed E-state index contributed by atoms with van der Waals surface area (Å²) >= 11 is 0. The number of rotatable bonds is 9. The molecule has 0 unspecified atom stereocenters. The molecule has 0 saturated carbocycles. The number of carbonyl (C=O) groups is 3. The molecule has 11 nitrogen and oxygen atoms in total. The standard InChI is InChI=1S/C27H33N5O6/c1-2-36-24(33)18-31-14-12-30(13-15-31)16-23-17-32(27(35)38-23)22-10-8-21(9-11-22)25(28)29-26(34)37-19-20-6-4-3-5-7-20/h3-11,23H,2,12-19H2,1H3,(H2,28,29,34)/t23-/m1/s1. The van der Waals surface area contributed by atoms with Crippen molar-refractivity contribution in [1.29, 1.82) is 5.41 Å². The molecule has 0 aromatic heterocycles. The van der Waals surface area contributed by atoms with E-state index in [2.05, 4.69) is 15.1 Å². The Balaban J connectivity index is 1.21.